The Hall–Kier alpha value is -2.90. The highest BCUT2D eigenvalue weighted by Crippen LogP contribution is 2.17. The molecule has 1 amide bonds. The summed E-state index contributed by atoms with van der Waals surface area (Å²) in [5.41, 5.74) is 3.51. The normalized spacial score (nSPS) is 15.6. The number of imidazole rings is 1. The largest absolute Gasteiger partial charge is 0.487 e. The molecule has 0 saturated carbocycles. The fourth-order valence-corrected chi connectivity index (χ4v) is 4.27. The molecule has 0 bridgehead atoms. The monoisotopic (exact) mass is 450 g/mol. The van der Waals surface area contributed by atoms with Gasteiger partial charge >= 0.3 is 0 Å². The summed E-state index contributed by atoms with van der Waals surface area (Å²) in [6, 6.07) is 11.7. The molecule has 4 rings (SSSR count). The lowest BCUT2D eigenvalue weighted by atomic mass is 10.0. The van der Waals surface area contributed by atoms with Crippen LogP contribution in [0.25, 0.3) is 5.65 Å². The average molecular weight is 451 g/mol. The van der Waals surface area contributed by atoms with E-state index in [1.165, 1.54) is 5.56 Å². The topological polar surface area (TPSA) is 68.1 Å². The molecule has 7 heteroatoms. The van der Waals surface area contributed by atoms with Crippen molar-refractivity contribution in [1.82, 2.24) is 19.6 Å². The molecular weight excluding hydrogens is 416 g/mol. The lowest BCUT2D eigenvalue weighted by Gasteiger charge is -2.35. The van der Waals surface area contributed by atoms with Crippen LogP contribution in [0.15, 0.2) is 48.8 Å². The number of carbonyl (C=O) groups excluding carboxylic acids is 1. The number of pyridine rings is 1. The summed E-state index contributed by atoms with van der Waals surface area (Å²) in [6.07, 6.45) is 5.06. The molecule has 1 saturated heterocycles. The van der Waals surface area contributed by atoms with Crippen LogP contribution in [0.5, 0.6) is 5.75 Å². The third-order valence-corrected chi connectivity index (χ3v) is 5.94. The van der Waals surface area contributed by atoms with Crippen LogP contribution in [0.2, 0.25) is 0 Å². The molecule has 1 fully saturated rings. The summed E-state index contributed by atoms with van der Waals surface area (Å²) < 4.78 is 13.4. The maximum Gasteiger partial charge on any atom is 0.251 e. The molecule has 1 atom stereocenters. The van der Waals surface area contributed by atoms with Gasteiger partial charge in [-0.1, -0.05) is 26.0 Å². The average Bonchev–Trinajstić information content (AvgIpc) is 3.23. The van der Waals surface area contributed by atoms with Crippen molar-refractivity contribution in [3.8, 4) is 5.75 Å². The van der Waals surface area contributed by atoms with E-state index in [0.717, 1.165) is 44.1 Å². The van der Waals surface area contributed by atoms with Crippen LogP contribution in [0.1, 0.15) is 41.9 Å². The molecule has 1 unspecified atom stereocenters. The van der Waals surface area contributed by atoms with Gasteiger partial charge in [0, 0.05) is 43.6 Å². The fraction of sp³-hybridized carbons (Fsp3) is 0.462. The Morgan fingerprint density at radius 3 is 2.79 bits per heavy atom. The first-order chi connectivity index (χ1) is 16.0. The third kappa shape index (κ3) is 6.33. The number of aryl methyl sites for hydroxylation is 1. The van der Waals surface area contributed by atoms with Crippen LogP contribution >= 0.6 is 0 Å². The van der Waals surface area contributed by atoms with Crippen LogP contribution in [0.4, 0.5) is 0 Å². The summed E-state index contributed by atoms with van der Waals surface area (Å²) in [7, 11) is 0. The first-order valence-corrected chi connectivity index (χ1v) is 11.7. The standard InChI is InChI=1S/C26H34N4O3/c1-19(2)13-23(29-9-11-32-12-10-29)15-27-26(31)21-5-4-6-24(14-21)33-18-22-17-30-16-20(3)7-8-25(30)28-22/h4-8,14,16-17,19,23H,9-13,15,18H2,1-3H3,(H,27,31). The van der Waals surface area contributed by atoms with E-state index in [4.69, 9.17) is 9.47 Å². The van der Waals surface area contributed by atoms with E-state index < -0.39 is 0 Å². The van der Waals surface area contributed by atoms with E-state index in [2.05, 4.69) is 36.0 Å². The number of amides is 1. The van der Waals surface area contributed by atoms with Gasteiger partial charge in [0.25, 0.3) is 5.91 Å². The van der Waals surface area contributed by atoms with Gasteiger partial charge in [0.1, 0.15) is 18.0 Å². The number of ether oxygens (including phenoxy) is 2. The van der Waals surface area contributed by atoms with Gasteiger partial charge in [-0.05, 0) is 49.1 Å². The predicted molar refractivity (Wildman–Crippen MR) is 129 cm³/mol. The smallest absolute Gasteiger partial charge is 0.251 e. The van der Waals surface area contributed by atoms with Crippen molar-refractivity contribution in [3.05, 3.63) is 65.6 Å². The molecule has 0 radical (unpaired) electrons. The minimum Gasteiger partial charge on any atom is -0.487 e. The van der Waals surface area contributed by atoms with Gasteiger partial charge in [0.05, 0.1) is 18.9 Å². The Labute approximate surface area is 195 Å². The number of hydrogen-bond acceptors (Lipinski definition) is 5. The van der Waals surface area contributed by atoms with Gasteiger partial charge in [-0.25, -0.2) is 4.98 Å². The highest BCUT2D eigenvalue weighted by Gasteiger charge is 2.22. The zero-order chi connectivity index (χ0) is 23.2. The second kappa shape index (κ2) is 10.8. The lowest BCUT2D eigenvalue weighted by molar-refractivity contribution is 0.0124. The van der Waals surface area contributed by atoms with Crippen molar-refractivity contribution >= 4 is 11.6 Å². The van der Waals surface area contributed by atoms with Crippen molar-refractivity contribution in [2.24, 2.45) is 5.92 Å². The summed E-state index contributed by atoms with van der Waals surface area (Å²) in [5, 5.41) is 3.13. The van der Waals surface area contributed by atoms with Crippen LogP contribution < -0.4 is 10.1 Å². The van der Waals surface area contributed by atoms with Gasteiger partial charge in [0.2, 0.25) is 0 Å². The highest BCUT2D eigenvalue weighted by atomic mass is 16.5. The quantitative estimate of drug-likeness (QED) is 0.538. The number of rotatable bonds is 9. The second-order valence-electron chi connectivity index (χ2n) is 9.16. The molecule has 2 aromatic heterocycles. The molecule has 3 heterocycles. The molecule has 33 heavy (non-hydrogen) atoms. The molecule has 7 nitrogen and oxygen atoms in total. The first-order valence-electron chi connectivity index (χ1n) is 11.7. The summed E-state index contributed by atoms with van der Waals surface area (Å²) in [4.78, 5) is 19.9. The van der Waals surface area contributed by atoms with Crippen LogP contribution in [-0.4, -0.2) is 59.1 Å². The Bertz CT molecular complexity index is 1070. The maximum absolute atomic E-state index is 12.9. The molecule has 1 aliphatic heterocycles. The zero-order valence-electron chi connectivity index (χ0n) is 19.8. The van der Waals surface area contributed by atoms with Crippen molar-refractivity contribution in [1.29, 1.82) is 0 Å². The number of aromatic nitrogens is 2. The van der Waals surface area contributed by atoms with E-state index in [9.17, 15) is 4.79 Å². The van der Waals surface area contributed by atoms with Gasteiger partial charge in [-0.3, -0.25) is 9.69 Å². The third-order valence-electron chi connectivity index (χ3n) is 5.94. The number of hydrogen-bond donors (Lipinski definition) is 1. The van der Waals surface area contributed by atoms with E-state index in [1.807, 2.05) is 47.1 Å². The molecule has 3 aromatic rings. The van der Waals surface area contributed by atoms with Crippen LogP contribution in [0, 0.1) is 12.8 Å². The van der Waals surface area contributed by atoms with Gasteiger partial charge in [-0.15, -0.1) is 0 Å². The highest BCUT2D eigenvalue weighted by molar-refractivity contribution is 5.94. The number of benzene rings is 1. The van der Waals surface area contributed by atoms with Gasteiger partial charge in [0.15, 0.2) is 0 Å². The van der Waals surface area contributed by atoms with E-state index in [-0.39, 0.29) is 5.91 Å². The summed E-state index contributed by atoms with van der Waals surface area (Å²) in [6.45, 7) is 10.8. The minimum atomic E-state index is -0.0781. The zero-order valence-corrected chi connectivity index (χ0v) is 19.8. The van der Waals surface area contributed by atoms with Gasteiger partial charge < -0.3 is 19.2 Å². The van der Waals surface area contributed by atoms with Crippen LogP contribution in [-0.2, 0) is 11.3 Å². The van der Waals surface area contributed by atoms with Gasteiger partial charge in [-0.2, -0.15) is 0 Å². The Balaban J connectivity index is 1.35. The maximum atomic E-state index is 12.9. The molecule has 176 valence electrons. The number of nitrogens with one attached hydrogen (secondary N) is 1. The number of fused-ring (bicyclic) bond motifs is 1. The molecule has 0 spiro atoms. The Morgan fingerprint density at radius 2 is 2.00 bits per heavy atom. The molecule has 1 N–H and O–H groups in total. The van der Waals surface area contributed by atoms with Crippen molar-refractivity contribution in [2.75, 3.05) is 32.8 Å². The fourth-order valence-electron chi connectivity index (χ4n) is 4.27. The lowest BCUT2D eigenvalue weighted by Crippen LogP contribution is -2.49. The molecule has 1 aromatic carbocycles. The summed E-state index contributed by atoms with van der Waals surface area (Å²) >= 11 is 0. The Kier molecular flexibility index (Phi) is 7.62. The number of nitrogens with zero attached hydrogens (tertiary/aromatic N) is 3. The van der Waals surface area contributed by atoms with E-state index >= 15 is 0 Å². The van der Waals surface area contributed by atoms with Crippen molar-refractivity contribution in [2.45, 2.75) is 39.8 Å². The summed E-state index contributed by atoms with van der Waals surface area (Å²) in [5.74, 6) is 1.14. The SMILES string of the molecule is Cc1ccc2nc(COc3cccc(C(=O)NCC(CC(C)C)N4CCOCC4)c3)cn2c1. The number of morpholine rings is 1. The minimum absolute atomic E-state index is 0.0781. The van der Waals surface area contributed by atoms with E-state index in [1.54, 1.807) is 6.07 Å². The molecule has 1 aliphatic rings. The number of carbonyl (C=O) groups is 1. The van der Waals surface area contributed by atoms with Crippen molar-refractivity contribution < 1.29 is 14.3 Å². The Morgan fingerprint density at radius 1 is 1.18 bits per heavy atom. The van der Waals surface area contributed by atoms with Crippen LogP contribution in [0.3, 0.4) is 0 Å². The second-order valence-corrected chi connectivity index (χ2v) is 9.16. The molecule has 0 aliphatic carbocycles. The first kappa shape index (κ1) is 23.3. The van der Waals surface area contributed by atoms with E-state index in [0.29, 0.717) is 36.4 Å². The predicted octanol–water partition coefficient (Wildman–Crippen LogP) is 3.70. The molecular formula is C26H34N4O3. The van der Waals surface area contributed by atoms with Crippen molar-refractivity contribution in [3.63, 3.8) is 0 Å².